The summed E-state index contributed by atoms with van der Waals surface area (Å²) in [7, 11) is 0. The Hall–Kier alpha value is -4.14. The number of benzene rings is 2. The molecule has 0 fully saturated rings. The highest BCUT2D eigenvalue weighted by Crippen LogP contribution is 2.30. The van der Waals surface area contributed by atoms with Gasteiger partial charge in [-0.3, -0.25) is 9.36 Å². The number of hydrogen-bond acceptors (Lipinski definition) is 6. The molecule has 2 aromatic heterocycles. The summed E-state index contributed by atoms with van der Waals surface area (Å²) in [6, 6.07) is 14.8. The number of aromatic nitrogens is 4. The molecule has 4 aromatic rings. The Morgan fingerprint density at radius 2 is 1.68 bits per heavy atom. The summed E-state index contributed by atoms with van der Waals surface area (Å²) in [6.07, 6.45) is 1.40. The van der Waals surface area contributed by atoms with Gasteiger partial charge in [0.05, 0.1) is 17.9 Å². The second-order valence-electron chi connectivity index (χ2n) is 7.88. The van der Waals surface area contributed by atoms with Crippen molar-refractivity contribution in [3.63, 3.8) is 0 Å². The van der Waals surface area contributed by atoms with Gasteiger partial charge in [0.1, 0.15) is 0 Å². The molecule has 2 heterocycles. The fraction of sp³-hybridized carbons (Fsp3) is 0.280. The monoisotopic (exact) mass is 462 g/mol. The zero-order valence-corrected chi connectivity index (χ0v) is 19.3. The van der Waals surface area contributed by atoms with Crippen LogP contribution in [-0.4, -0.2) is 25.9 Å². The predicted molar refractivity (Wildman–Crippen MR) is 129 cm³/mol. The Kier molecular flexibility index (Phi) is 6.62. The number of nitrogens with one attached hydrogen (secondary N) is 1. The first-order chi connectivity index (χ1) is 16.5. The molecule has 0 atom stereocenters. The first kappa shape index (κ1) is 23.0. The number of ether oxygens (including phenoxy) is 1. The van der Waals surface area contributed by atoms with Gasteiger partial charge in [-0.05, 0) is 43.0 Å². The third-order valence-electron chi connectivity index (χ3n) is 5.46. The fourth-order valence-corrected chi connectivity index (χ4v) is 3.85. The van der Waals surface area contributed by atoms with Gasteiger partial charge >= 0.3 is 11.4 Å². The quantitative estimate of drug-likeness (QED) is 0.429. The first-order valence-electron chi connectivity index (χ1n) is 11.2. The van der Waals surface area contributed by atoms with Crippen molar-refractivity contribution in [2.45, 2.75) is 40.2 Å². The Bertz CT molecular complexity index is 1470. The molecule has 0 aliphatic rings. The lowest BCUT2D eigenvalue weighted by Gasteiger charge is -2.18. The molecule has 9 heteroatoms. The van der Waals surface area contributed by atoms with E-state index >= 15 is 0 Å². The lowest BCUT2D eigenvalue weighted by atomic mass is 9.99. The molecule has 0 aliphatic heterocycles. The summed E-state index contributed by atoms with van der Waals surface area (Å²) in [4.78, 5) is 41.4. The second kappa shape index (κ2) is 9.78. The van der Waals surface area contributed by atoms with E-state index in [1.54, 1.807) is 19.1 Å². The SMILES string of the molecule is CCCOc1c(C)c(=O)n(CCC)c(=O)n1-c1ccc(-c2ccccc2-c2nc(=O)o[nH]2)cc1. The Balaban J connectivity index is 1.84. The number of H-pyrrole nitrogens is 1. The maximum Gasteiger partial charge on any atom is 0.460 e. The van der Waals surface area contributed by atoms with Crippen LogP contribution in [0, 0.1) is 6.92 Å². The van der Waals surface area contributed by atoms with E-state index in [9.17, 15) is 14.4 Å². The standard InChI is InChI=1S/C25H26N4O5/c1-4-14-28-22(30)16(3)23(33-15-5-2)29(25(28)32)18-12-10-17(11-13-18)19-8-6-7-9-20(19)21-26-24(31)34-27-21/h6-13H,4-5,14-15H2,1-3H3,(H,26,27,31). The van der Waals surface area contributed by atoms with E-state index in [4.69, 9.17) is 9.26 Å². The zero-order chi connectivity index (χ0) is 24.2. The minimum absolute atomic E-state index is 0.262. The molecule has 176 valence electrons. The van der Waals surface area contributed by atoms with Crippen molar-refractivity contribution in [2.75, 3.05) is 6.61 Å². The minimum atomic E-state index is -0.697. The molecule has 0 radical (unpaired) electrons. The molecule has 0 saturated carbocycles. The highest BCUT2D eigenvalue weighted by Gasteiger charge is 2.19. The third-order valence-corrected chi connectivity index (χ3v) is 5.46. The number of nitrogens with zero attached hydrogens (tertiary/aromatic N) is 3. The maximum absolute atomic E-state index is 13.3. The van der Waals surface area contributed by atoms with E-state index in [1.807, 2.05) is 50.2 Å². The number of hydrogen-bond donors (Lipinski definition) is 1. The smallest absolute Gasteiger partial charge is 0.460 e. The number of rotatable bonds is 8. The molecule has 2 aromatic carbocycles. The summed E-state index contributed by atoms with van der Waals surface area (Å²) in [5, 5.41) is 2.54. The normalized spacial score (nSPS) is 11.0. The van der Waals surface area contributed by atoms with Crippen molar-refractivity contribution in [1.29, 1.82) is 0 Å². The van der Waals surface area contributed by atoms with Crippen molar-refractivity contribution in [2.24, 2.45) is 0 Å². The highest BCUT2D eigenvalue weighted by atomic mass is 16.5. The minimum Gasteiger partial charge on any atom is -0.478 e. The molecule has 0 aliphatic carbocycles. The molecule has 0 saturated heterocycles. The van der Waals surface area contributed by atoms with Gasteiger partial charge in [0, 0.05) is 12.1 Å². The van der Waals surface area contributed by atoms with E-state index in [2.05, 4.69) is 10.1 Å². The van der Waals surface area contributed by atoms with Crippen molar-refractivity contribution in [3.05, 3.63) is 85.5 Å². The Morgan fingerprint density at radius 1 is 0.971 bits per heavy atom. The molecular weight excluding hydrogens is 436 g/mol. The van der Waals surface area contributed by atoms with Crippen LogP contribution < -0.4 is 21.7 Å². The number of aromatic amines is 1. The van der Waals surface area contributed by atoms with E-state index in [0.29, 0.717) is 42.2 Å². The van der Waals surface area contributed by atoms with Crippen LogP contribution in [0.15, 0.2) is 67.4 Å². The van der Waals surface area contributed by atoms with Gasteiger partial charge in [-0.15, -0.1) is 0 Å². The molecule has 0 amide bonds. The van der Waals surface area contributed by atoms with Crippen molar-refractivity contribution < 1.29 is 9.26 Å². The van der Waals surface area contributed by atoms with Gasteiger partial charge in [0.25, 0.3) is 5.56 Å². The van der Waals surface area contributed by atoms with E-state index in [-0.39, 0.29) is 11.4 Å². The first-order valence-corrected chi connectivity index (χ1v) is 11.2. The molecule has 34 heavy (non-hydrogen) atoms. The molecule has 0 unspecified atom stereocenters. The van der Waals surface area contributed by atoms with Crippen molar-refractivity contribution in [1.82, 2.24) is 19.3 Å². The molecule has 4 rings (SSSR count). The molecular formula is C25H26N4O5. The summed E-state index contributed by atoms with van der Waals surface area (Å²) >= 11 is 0. The van der Waals surface area contributed by atoms with E-state index in [1.165, 1.54) is 9.13 Å². The van der Waals surface area contributed by atoms with Crippen molar-refractivity contribution in [3.8, 4) is 34.1 Å². The van der Waals surface area contributed by atoms with E-state index < -0.39 is 11.4 Å². The third kappa shape index (κ3) is 4.24. The molecule has 1 N–H and O–H groups in total. The molecule has 0 bridgehead atoms. The van der Waals surface area contributed by atoms with Crippen LogP contribution in [0.25, 0.3) is 28.2 Å². The van der Waals surface area contributed by atoms with Gasteiger partial charge in [-0.1, -0.05) is 50.2 Å². The van der Waals surface area contributed by atoms with Gasteiger partial charge in [-0.25, -0.2) is 14.2 Å². The summed E-state index contributed by atoms with van der Waals surface area (Å²) < 4.78 is 13.3. The van der Waals surface area contributed by atoms with Gasteiger partial charge in [0.15, 0.2) is 5.82 Å². The summed E-state index contributed by atoms with van der Waals surface area (Å²) in [5.74, 6) is -0.104. The van der Waals surface area contributed by atoms with Crippen LogP contribution in [0.3, 0.4) is 0 Å². The zero-order valence-electron chi connectivity index (χ0n) is 19.3. The Morgan fingerprint density at radius 3 is 2.29 bits per heavy atom. The predicted octanol–water partition coefficient (Wildman–Crippen LogP) is 3.52. The summed E-state index contributed by atoms with van der Waals surface area (Å²) in [5.41, 5.74) is 2.60. The maximum atomic E-state index is 13.3. The van der Waals surface area contributed by atoms with Crippen LogP contribution in [0.5, 0.6) is 5.88 Å². The van der Waals surface area contributed by atoms with Crippen LogP contribution in [0.2, 0.25) is 0 Å². The van der Waals surface area contributed by atoms with Crippen LogP contribution in [0.4, 0.5) is 0 Å². The van der Waals surface area contributed by atoms with Crippen LogP contribution in [0.1, 0.15) is 32.3 Å². The average Bonchev–Trinajstić information content (AvgIpc) is 3.29. The lowest BCUT2D eigenvalue weighted by molar-refractivity contribution is 0.289. The van der Waals surface area contributed by atoms with Gasteiger partial charge in [0.2, 0.25) is 5.88 Å². The largest absolute Gasteiger partial charge is 0.478 e. The fourth-order valence-electron chi connectivity index (χ4n) is 3.85. The van der Waals surface area contributed by atoms with Gasteiger partial charge < -0.3 is 9.26 Å². The summed E-state index contributed by atoms with van der Waals surface area (Å²) in [6.45, 7) is 6.28. The highest BCUT2D eigenvalue weighted by molar-refractivity contribution is 5.80. The lowest BCUT2D eigenvalue weighted by Crippen LogP contribution is -2.41. The topological polar surface area (TPSA) is 112 Å². The molecule has 9 nitrogen and oxygen atoms in total. The van der Waals surface area contributed by atoms with Gasteiger partial charge in [-0.2, -0.15) is 10.1 Å². The van der Waals surface area contributed by atoms with Crippen LogP contribution >= 0.6 is 0 Å². The molecule has 0 spiro atoms. The Labute approximate surface area is 195 Å². The van der Waals surface area contributed by atoms with Crippen LogP contribution in [-0.2, 0) is 6.54 Å². The second-order valence-corrected chi connectivity index (χ2v) is 7.88. The average molecular weight is 463 g/mol. The van der Waals surface area contributed by atoms with Crippen molar-refractivity contribution >= 4 is 0 Å². The van der Waals surface area contributed by atoms with E-state index in [0.717, 1.165) is 17.5 Å².